The molecule has 0 spiro atoms. The molecule has 146 valence electrons. The number of rotatable bonds is 10. The lowest BCUT2D eigenvalue weighted by molar-refractivity contribution is -0.135. The highest BCUT2D eigenvalue weighted by atomic mass is 35.5. The molecule has 0 radical (unpaired) electrons. The highest BCUT2D eigenvalue weighted by molar-refractivity contribution is 6.36. The van der Waals surface area contributed by atoms with Crippen LogP contribution in [-0.2, 0) is 20.7 Å². The van der Waals surface area contributed by atoms with Crippen LogP contribution in [0.2, 0.25) is 0 Å². The van der Waals surface area contributed by atoms with Gasteiger partial charge in [-0.15, -0.1) is 11.6 Å². The van der Waals surface area contributed by atoms with Crippen LogP contribution in [0, 0.1) is 0 Å². The van der Waals surface area contributed by atoms with Crippen LogP contribution in [0.4, 0.5) is 10.5 Å². The van der Waals surface area contributed by atoms with E-state index >= 15 is 0 Å². The first kappa shape index (κ1) is 20.7. The average Bonchev–Trinajstić information content (AvgIpc) is 2.99. The predicted octanol–water partition coefficient (Wildman–Crippen LogP) is 2.13. The number of imide groups is 1. The molecule has 9 heteroatoms. The fourth-order valence-corrected chi connectivity index (χ4v) is 2.59. The van der Waals surface area contributed by atoms with E-state index in [4.69, 9.17) is 16.3 Å². The minimum Gasteiger partial charge on any atom is -0.461 e. The molecule has 0 aromatic heterocycles. The van der Waals surface area contributed by atoms with Crippen molar-refractivity contribution in [2.45, 2.75) is 26.2 Å². The zero-order chi connectivity index (χ0) is 19.6. The Kier molecular flexibility index (Phi) is 8.06. The summed E-state index contributed by atoms with van der Waals surface area (Å²) < 4.78 is 4.99. The van der Waals surface area contributed by atoms with E-state index in [-0.39, 0.29) is 25.1 Å². The first-order valence-corrected chi connectivity index (χ1v) is 9.31. The first-order valence-electron chi connectivity index (χ1n) is 8.78. The maximum Gasteiger partial charge on any atom is 0.354 e. The van der Waals surface area contributed by atoms with Crippen LogP contribution >= 0.6 is 11.6 Å². The van der Waals surface area contributed by atoms with Crippen molar-refractivity contribution in [2.24, 2.45) is 5.10 Å². The molecule has 1 saturated heterocycles. The van der Waals surface area contributed by atoms with Crippen molar-refractivity contribution in [3.63, 3.8) is 0 Å². The van der Waals surface area contributed by atoms with Gasteiger partial charge in [-0.2, -0.15) is 5.10 Å². The second kappa shape index (κ2) is 10.5. The highest BCUT2D eigenvalue weighted by Crippen LogP contribution is 2.12. The maximum atomic E-state index is 11.9. The van der Waals surface area contributed by atoms with Gasteiger partial charge in [-0.3, -0.25) is 15.1 Å². The number of urea groups is 1. The van der Waals surface area contributed by atoms with Crippen LogP contribution < -0.4 is 10.7 Å². The summed E-state index contributed by atoms with van der Waals surface area (Å²) in [6.45, 7) is 2.42. The normalized spacial score (nSPS) is 14.3. The quantitative estimate of drug-likeness (QED) is 0.208. The summed E-state index contributed by atoms with van der Waals surface area (Å²) in [5, 5.41) is 6.63. The monoisotopic (exact) mass is 394 g/mol. The molecule has 27 heavy (non-hydrogen) atoms. The van der Waals surface area contributed by atoms with E-state index in [0.29, 0.717) is 43.1 Å². The van der Waals surface area contributed by atoms with E-state index in [1.54, 1.807) is 6.92 Å². The first-order chi connectivity index (χ1) is 13.0. The molecule has 0 bridgehead atoms. The van der Waals surface area contributed by atoms with Crippen molar-refractivity contribution in [1.29, 1.82) is 0 Å². The second-order valence-corrected chi connectivity index (χ2v) is 6.21. The number of alkyl halides is 1. The van der Waals surface area contributed by atoms with Gasteiger partial charge in [-0.25, -0.2) is 9.59 Å². The van der Waals surface area contributed by atoms with Gasteiger partial charge in [0.05, 0.1) is 18.8 Å². The molecule has 0 aliphatic carbocycles. The molecule has 0 atom stereocenters. The lowest BCUT2D eigenvalue weighted by atomic mass is 10.1. The van der Waals surface area contributed by atoms with Crippen molar-refractivity contribution in [3.05, 3.63) is 29.8 Å². The topological polar surface area (TPSA) is 100 Å². The van der Waals surface area contributed by atoms with Gasteiger partial charge in [0.1, 0.15) is 5.71 Å². The number of carbonyl (C=O) groups is 3. The third-order valence-electron chi connectivity index (χ3n) is 3.89. The second-order valence-electron chi connectivity index (χ2n) is 5.83. The van der Waals surface area contributed by atoms with Gasteiger partial charge in [0.25, 0.3) is 0 Å². The summed E-state index contributed by atoms with van der Waals surface area (Å²) in [5.74, 6) is -0.235. The minimum absolute atomic E-state index is 0.0617. The summed E-state index contributed by atoms with van der Waals surface area (Å²) in [6.07, 6.45) is 1.62. The molecule has 2 rings (SSSR count). The number of amides is 3. The van der Waals surface area contributed by atoms with E-state index in [9.17, 15) is 14.4 Å². The van der Waals surface area contributed by atoms with E-state index in [1.807, 2.05) is 24.3 Å². The average molecular weight is 395 g/mol. The summed E-state index contributed by atoms with van der Waals surface area (Å²) in [4.78, 5) is 36.2. The predicted molar refractivity (Wildman–Crippen MR) is 103 cm³/mol. The molecule has 1 aliphatic heterocycles. The van der Waals surface area contributed by atoms with E-state index in [1.165, 1.54) is 4.90 Å². The third-order valence-corrected chi connectivity index (χ3v) is 4.16. The molecule has 1 aromatic rings. The van der Waals surface area contributed by atoms with Gasteiger partial charge >= 0.3 is 12.0 Å². The van der Waals surface area contributed by atoms with Crippen LogP contribution in [-0.4, -0.2) is 54.1 Å². The van der Waals surface area contributed by atoms with Gasteiger partial charge in [-0.05, 0) is 43.9 Å². The van der Waals surface area contributed by atoms with Crippen LogP contribution in [0.3, 0.4) is 0 Å². The standard InChI is InChI=1S/C18H23ClN4O4/c1-2-27-17(25)15(4-3-10-19)22-21-14-7-5-13(6-8-14)9-11-23-16(24)12-20-18(23)26/h5-8,21H,2-4,9-12H2,1H3,(H,20,26)/b22-15-. The van der Waals surface area contributed by atoms with Crippen LogP contribution in [0.5, 0.6) is 0 Å². The van der Waals surface area contributed by atoms with Crippen molar-refractivity contribution in [2.75, 3.05) is 31.0 Å². The number of anilines is 1. The molecule has 8 nitrogen and oxygen atoms in total. The van der Waals surface area contributed by atoms with Crippen molar-refractivity contribution >= 4 is 40.9 Å². The number of carbonyl (C=O) groups excluding carboxylic acids is 3. The lowest BCUT2D eigenvalue weighted by Gasteiger charge is -2.12. The number of esters is 1. The van der Waals surface area contributed by atoms with Crippen LogP contribution in [0.1, 0.15) is 25.3 Å². The Morgan fingerprint density at radius 1 is 1.33 bits per heavy atom. The SMILES string of the molecule is CCOC(=O)/C(CCCCl)=N\Nc1ccc(CCN2C(=O)CNC2=O)cc1. The Bertz CT molecular complexity index is 690. The number of nitrogens with zero attached hydrogens (tertiary/aromatic N) is 2. The largest absolute Gasteiger partial charge is 0.461 e. The Morgan fingerprint density at radius 2 is 2.07 bits per heavy atom. The number of hydrogen-bond acceptors (Lipinski definition) is 6. The summed E-state index contributed by atoms with van der Waals surface area (Å²) >= 11 is 5.68. The Morgan fingerprint density at radius 3 is 2.67 bits per heavy atom. The van der Waals surface area contributed by atoms with Crippen LogP contribution in [0.15, 0.2) is 29.4 Å². The van der Waals surface area contributed by atoms with E-state index < -0.39 is 5.97 Å². The number of ether oxygens (including phenoxy) is 1. The Balaban J connectivity index is 1.92. The molecule has 1 aliphatic rings. The molecule has 1 heterocycles. The smallest absolute Gasteiger partial charge is 0.354 e. The van der Waals surface area contributed by atoms with Gasteiger partial charge in [0.2, 0.25) is 5.91 Å². The Labute approximate surface area is 162 Å². The molecule has 1 fully saturated rings. The van der Waals surface area contributed by atoms with Gasteiger partial charge in [0, 0.05) is 12.4 Å². The Hall–Kier alpha value is -2.61. The molecule has 3 amide bonds. The molecule has 0 unspecified atom stereocenters. The molecule has 1 aromatic carbocycles. The van der Waals surface area contributed by atoms with Gasteiger partial charge in [-0.1, -0.05) is 12.1 Å². The van der Waals surface area contributed by atoms with Gasteiger partial charge in [0.15, 0.2) is 0 Å². The van der Waals surface area contributed by atoms with Crippen molar-refractivity contribution in [3.8, 4) is 0 Å². The van der Waals surface area contributed by atoms with Gasteiger partial charge < -0.3 is 10.1 Å². The van der Waals surface area contributed by atoms with E-state index in [2.05, 4.69) is 15.8 Å². The summed E-state index contributed by atoms with van der Waals surface area (Å²) in [6, 6.07) is 7.03. The molecule has 2 N–H and O–H groups in total. The third kappa shape index (κ3) is 6.25. The fourth-order valence-electron chi connectivity index (χ4n) is 2.45. The number of nitrogens with one attached hydrogen (secondary N) is 2. The zero-order valence-electron chi connectivity index (χ0n) is 15.2. The number of benzene rings is 1. The summed E-state index contributed by atoms with van der Waals surface area (Å²) in [5.41, 5.74) is 4.82. The molecular weight excluding hydrogens is 372 g/mol. The minimum atomic E-state index is -0.458. The fraction of sp³-hybridized carbons (Fsp3) is 0.444. The number of halogens is 1. The zero-order valence-corrected chi connectivity index (χ0v) is 15.9. The van der Waals surface area contributed by atoms with E-state index in [0.717, 1.165) is 5.56 Å². The molecular formula is C18H23ClN4O4. The number of hydrogen-bond donors (Lipinski definition) is 2. The lowest BCUT2D eigenvalue weighted by Crippen LogP contribution is -2.32. The number of hydrazone groups is 1. The maximum absolute atomic E-state index is 11.9. The highest BCUT2D eigenvalue weighted by Gasteiger charge is 2.27. The van der Waals surface area contributed by atoms with Crippen molar-refractivity contribution < 1.29 is 19.1 Å². The van der Waals surface area contributed by atoms with Crippen molar-refractivity contribution in [1.82, 2.24) is 10.2 Å². The summed E-state index contributed by atoms with van der Waals surface area (Å²) in [7, 11) is 0. The molecule has 0 saturated carbocycles. The van der Waals surface area contributed by atoms with Crippen LogP contribution in [0.25, 0.3) is 0 Å².